The lowest BCUT2D eigenvalue weighted by Crippen LogP contribution is -2.60. The van der Waals surface area contributed by atoms with Gasteiger partial charge >= 0.3 is 0 Å². The van der Waals surface area contributed by atoms with Crippen LogP contribution in [0.5, 0.6) is 0 Å². The molecular weight excluding hydrogens is 760 g/mol. The summed E-state index contributed by atoms with van der Waals surface area (Å²) in [5.41, 5.74) is 0. The first kappa shape index (κ1) is 44.0. The number of nitrogens with zero attached hydrogens (tertiary/aromatic N) is 2. The van der Waals surface area contributed by atoms with Crippen LogP contribution in [0.4, 0.5) is 0 Å². The second-order valence-electron chi connectivity index (χ2n) is 19.7. The van der Waals surface area contributed by atoms with E-state index in [4.69, 9.17) is 37.9 Å². The van der Waals surface area contributed by atoms with E-state index in [0.29, 0.717) is 13.1 Å². The molecular formula is C45H70N2O12. The fourth-order valence-corrected chi connectivity index (χ4v) is 10.7. The average Bonchev–Trinajstić information content (AvgIpc) is 3.87. The van der Waals surface area contributed by atoms with Gasteiger partial charge in [0.25, 0.3) is 0 Å². The maximum Gasteiger partial charge on any atom is 0.164 e. The van der Waals surface area contributed by atoms with Crippen LogP contribution in [0.15, 0.2) is 48.6 Å². The molecule has 0 radical (unpaired) electrons. The van der Waals surface area contributed by atoms with Crippen molar-refractivity contribution in [2.45, 2.75) is 221 Å². The van der Waals surface area contributed by atoms with Gasteiger partial charge in [0.1, 0.15) is 73.2 Å². The highest BCUT2D eigenvalue weighted by molar-refractivity contribution is 5.22. The molecule has 4 aliphatic carbocycles. The molecule has 14 nitrogen and oxygen atoms in total. The molecule has 16 atom stereocenters. The summed E-state index contributed by atoms with van der Waals surface area (Å²) < 4.78 is 48.8. The van der Waals surface area contributed by atoms with E-state index in [-0.39, 0.29) is 48.6 Å². The van der Waals surface area contributed by atoms with Crippen molar-refractivity contribution >= 4 is 0 Å². The van der Waals surface area contributed by atoms with Crippen molar-refractivity contribution in [3.8, 4) is 0 Å². The van der Waals surface area contributed by atoms with Crippen LogP contribution in [0, 0.1) is 0 Å². The molecule has 0 aromatic rings. The molecule has 8 aliphatic rings. The van der Waals surface area contributed by atoms with E-state index in [9.17, 15) is 20.4 Å². The lowest BCUT2D eigenvalue weighted by Gasteiger charge is -2.45. The molecule has 332 valence electrons. The smallest absolute Gasteiger partial charge is 0.164 e. The van der Waals surface area contributed by atoms with Crippen molar-refractivity contribution in [3.05, 3.63) is 48.6 Å². The summed E-state index contributed by atoms with van der Waals surface area (Å²) in [7, 11) is 0. The van der Waals surface area contributed by atoms with E-state index >= 15 is 0 Å². The zero-order valence-corrected chi connectivity index (χ0v) is 36.2. The predicted octanol–water partition coefficient (Wildman–Crippen LogP) is 3.60. The Hall–Kier alpha value is -1.60. The summed E-state index contributed by atoms with van der Waals surface area (Å²) in [6.07, 6.45) is 16.3. The third-order valence-corrected chi connectivity index (χ3v) is 13.3. The van der Waals surface area contributed by atoms with Gasteiger partial charge in [0, 0.05) is 0 Å². The zero-order chi connectivity index (χ0) is 42.1. The SMILES string of the molecule is CC1(C)O[C@H]2[C@H](O)[C@@H](N(CCCCCCCCCN([C@H]3C=C[C@H]4OC(C)(C)O[C@H]4[C@@H]3O)[C@H]3C=C[C@H]4OC(C)(C)O[C@H]4[C@@H]3O)[C@H]3C=C[C@H]4OC(C)(C)O[C@H]4[C@@H]3O)C=C[C@H]2O1. The van der Waals surface area contributed by atoms with Gasteiger partial charge in [0.05, 0.1) is 24.2 Å². The summed E-state index contributed by atoms with van der Waals surface area (Å²) in [6, 6.07) is -1.51. The van der Waals surface area contributed by atoms with Gasteiger partial charge < -0.3 is 58.3 Å². The molecule has 59 heavy (non-hydrogen) atoms. The lowest BCUT2D eigenvalue weighted by atomic mass is 9.87. The number of aliphatic hydroxyl groups excluding tert-OH is 4. The van der Waals surface area contributed by atoms with Gasteiger partial charge in [0.15, 0.2) is 23.1 Å². The molecule has 0 bridgehead atoms. The molecule has 4 saturated heterocycles. The van der Waals surface area contributed by atoms with E-state index in [1.165, 1.54) is 0 Å². The molecule has 0 aromatic carbocycles. The molecule has 4 heterocycles. The highest BCUT2D eigenvalue weighted by Gasteiger charge is 2.55. The number of fused-ring (bicyclic) bond motifs is 4. The second-order valence-corrected chi connectivity index (χ2v) is 19.7. The van der Waals surface area contributed by atoms with Gasteiger partial charge in [-0.15, -0.1) is 0 Å². The molecule has 0 spiro atoms. The minimum absolute atomic E-state index is 0.325. The van der Waals surface area contributed by atoms with E-state index in [1.54, 1.807) is 0 Å². The van der Waals surface area contributed by atoms with Crippen LogP contribution in [-0.4, -0.2) is 164 Å². The predicted molar refractivity (Wildman–Crippen MR) is 217 cm³/mol. The van der Waals surface area contributed by atoms with E-state index in [1.807, 2.05) is 104 Å². The Morgan fingerprint density at radius 2 is 0.559 bits per heavy atom. The number of ether oxygens (including phenoxy) is 8. The van der Waals surface area contributed by atoms with Crippen molar-refractivity contribution in [2.75, 3.05) is 13.1 Å². The average molecular weight is 831 g/mol. The van der Waals surface area contributed by atoms with Crippen LogP contribution < -0.4 is 0 Å². The van der Waals surface area contributed by atoms with Crippen molar-refractivity contribution < 1.29 is 58.3 Å². The third-order valence-electron chi connectivity index (χ3n) is 13.3. The molecule has 8 rings (SSSR count). The van der Waals surface area contributed by atoms with Crippen LogP contribution in [-0.2, 0) is 37.9 Å². The van der Waals surface area contributed by atoms with E-state index < -0.39 is 72.0 Å². The van der Waals surface area contributed by atoms with Crippen molar-refractivity contribution in [2.24, 2.45) is 0 Å². The zero-order valence-electron chi connectivity index (χ0n) is 36.2. The normalized spacial score (nSPS) is 44.6. The largest absolute Gasteiger partial charge is 0.388 e. The van der Waals surface area contributed by atoms with Crippen molar-refractivity contribution in [3.63, 3.8) is 0 Å². The van der Waals surface area contributed by atoms with Crippen LogP contribution in [0.2, 0.25) is 0 Å². The summed E-state index contributed by atoms with van der Waals surface area (Å²) in [6.45, 7) is 16.3. The number of aliphatic hydroxyl groups is 4. The summed E-state index contributed by atoms with van der Waals surface area (Å²) in [4.78, 5) is 4.40. The van der Waals surface area contributed by atoms with Gasteiger partial charge in [-0.05, 0) is 81.3 Å². The number of rotatable bonds is 14. The monoisotopic (exact) mass is 830 g/mol. The topological polar surface area (TPSA) is 161 Å². The minimum atomic E-state index is -0.836. The third kappa shape index (κ3) is 9.24. The van der Waals surface area contributed by atoms with Crippen molar-refractivity contribution in [1.29, 1.82) is 0 Å². The quantitative estimate of drug-likeness (QED) is 0.149. The fourth-order valence-electron chi connectivity index (χ4n) is 10.7. The maximum atomic E-state index is 11.7. The molecule has 0 unspecified atom stereocenters. The molecule has 4 fully saturated rings. The van der Waals surface area contributed by atoms with Gasteiger partial charge in [0.2, 0.25) is 0 Å². The minimum Gasteiger partial charge on any atom is -0.388 e. The van der Waals surface area contributed by atoms with Crippen LogP contribution in [0.3, 0.4) is 0 Å². The second kappa shape index (κ2) is 16.8. The Balaban J connectivity index is 0.858. The number of hydrogen-bond donors (Lipinski definition) is 4. The first-order chi connectivity index (χ1) is 27.8. The van der Waals surface area contributed by atoms with E-state index in [2.05, 4.69) is 9.80 Å². The van der Waals surface area contributed by atoms with Gasteiger partial charge in [-0.2, -0.15) is 0 Å². The summed E-state index contributed by atoms with van der Waals surface area (Å²) >= 11 is 0. The molecule has 0 amide bonds. The molecule has 4 N–H and O–H groups in total. The highest BCUT2D eigenvalue weighted by Crippen LogP contribution is 2.41. The Labute approximate surface area is 350 Å². The Kier molecular flexibility index (Phi) is 12.6. The Morgan fingerprint density at radius 1 is 0.339 bits per heavy atom. The Morgan fingerprint density at radius 3 is 0.797 bits per heavy atom. The van der Waals surface area contributed by atoms with Crippen LogP contribution in [0.1, 0.15) is 100 Å². The highest BCUT2D eigenvalue weighted by atomic mass is 16.8. The first-order valence-electron chi connectivity index (χ1n) is 22.2. The molecule has 4 aliphatic heterocycles. The lowest BCUT2D eigenvalue weighted by molar-refractivity contribution is -0.162. The molecule has 0 aromatic heterocycles. The van der Waals surface area contributed by atoms with Gasteiger partial charge in [-0.3, -0.25) is 9.80 Å². The van der Waals surface area contributed by atoms with Crippen LogP contribution >= 0.6 is 0 Å². The summed E-state index contributed by atoms with van der Waals surface area (Å²) in [5.74, 6) is -3.16. The molecule has 0 saturated carbocycles. The Bertz CT molecular complexity index is 1380. The van der Waals surface area contributed by atoms with Gasteiger partial charge in [-0.1, -0.05) is 80.7 Å². The molecule has 14 heteroatoms. The first-order valence-corrected chi connectivity index (χ1v) is 22.2. The number of unbranched alkanes of at least 4 members (excludes halogenated alkanes) is 6. The number of hydrogen-bond acceptors (Lipinski definition) is 14. The summed E-state index contributed by atoms with van der Waals surface area (Å²) in [5, 5.41) is 46.7. The van der Waals surface area contributed by atoms with Crippen LogP contribution in [0.25, 0.3) is 0 Å². The fraction of sp³-hybridized carbons (Fsp3) is 0.822. The maximum absolute atomic E-state index is 11.7. The van der Waals surface area contributed by atoms with Gasteiger partial charge in [-0.25, -0.2) is 0 Å². The van der Waals surface area contributed by atoms with Crippen molar-refractivity contribution in [1.82, 2.24) is 9.80 Å². The van der Waals surface area contributed by atoms with E-state index in [0.717, 1.165) is 44.9 Å². The standard InChI is InChI=1S/C45H70N2O12/c1-42(2)52-30-20-16-26(34(48)38(30)56-42)46(27-17-21-31-39(35(27)49)57-43(3,4)53-31)24-14-12-10-9-11-13-15-25-47(28-18-22-32-40(36(28)50)58-44(5,6)54-32)29-19-23-33-41(37(29)51)59-45(7,8)55-33/h16-23,26-41,48-51H,9-15,24-25H2,1-8H3/t26-,27-,28-,29-,30+,31+,32+,33+,34+,35+,36+,37+,38+,39+,40+,41+/m0/s1.